The standard InChI is InChI=1S/C19H18N4O2/c20-17(24)5-3-13-8-21-19-16(13)7-15(9-22-19)14-4-6-18(25)23(11-14)10-12-1-2-12/h3-9,11-12H,1-2,10H2,(H2,20,24)(H,21,22). The highest BCUT2D eigenvalue weighted by Crippen LogP contribution is 2.30. The van der Waals surface area contributed by atoms with E-state index < -0.39 is 5.91 Å². The van der Waals surface area contributed by atoms with Crippen LogP contribution in [0.25, 0.3) is 28.2 Å². The smallest absolute Gasteiger partial charge is 0.250 e. The summed E-state index contributed by atoms with van der Waals surface area (Å²) in [5.74, 6) is 0.134. The summed E-state index contributed by atoms with van der Waals surface area (Å²) in [4.78, 5) is 30.5. The van der Waals surface area contributed by atoms with Crippen LogP contribution in [0.1, 0.15) is 18.4 Å². The highest BCUT2D eigenvalue weighted by atomic mass is 16.1. The number of nitrogens with zero attached hydrogens (tertiary/aromatic N) is 2. The molecule has 0 aromatic carbocycles. The molecule has 0 saturated heterocycles. The highest BCUT2D eigenvalue weighted by Gasteiger charge is 2.22. The molecule has 126 valence electrons. The lowest BCUT2D eigenvalue weighted by molar-refractivity contribution is -0.113. The third kappa shape index (κ3) is 3.24. The maximum atomic E-state index is 12.0. The van der Waals surface area contributed by atoms with Crippen molar-refractivity contribution >= 4 is 23.0 Å². The lowest BCUT2D eigenvalue weighted by Crippen LogP contribution is -2.19. The van der Waals surface area contributed by atoms with Gasteiger partial charge < -0.3 is 15.3 Å². The summed E-state index contributed by atoms with van der Waals surface area (Å²) in [5, 5.41) is 0.898. The molecule has 1 fully saturated rings. The molecule has 6 heteroatoms. The van der Waals surface area contributed by atoms with E-state index in [-0.39, 0.29) is 5.56 Å². The molecular weight excluding hydrogens is 316 g/mol. The Bertz CT molecular complexity index is 1040. The van der Waals surface area contributed by atoms with Crippen molar-refractivity contribution in [1.82, 2.24) is 14.5 Å². The van der Waals surface area contributed by atoms with Crippen molar-refractivity contribution in [2.75, 3.05) is 0 Å². The Morgan fingerprint density at radius 1 is 1.36 bits per heavy atom. The number of hydrogen-bond donors (Lipinski definition) is 2. The van der Waals surface area contributed by atoms with Crippen LogP contribution >= 0.6 is 0 Å². The van der Waals surface area contributed by atoms with Crippen LogP contribution in [0.5, 0.6) is 0 Å². The largest absolute Gasteiger partial charge is 0.366 e. The van der Waals surface area contributed by atoms with Gasteiger partial charge in [0.1, 0.15) is 5.65 Å². The van der Waals surface area contributed by atoms with Crippen molar-refractivity contribution in [2.24, 2.45) is 11.7 Å². The van der Waals surface area contributed by atoms with E-state index in [0.29, 0.717) is 5.92 Å². The molecule has 1 saturated carbocycles. The van der Waals surface area contributed by atoms with Gasteiger partial charge in [-0.15, -0.1) is 0 Å². The Kier molecular flexibility index (Phi) is 3.72. The molecule has 3 aromatic heterocycles. The minimum Gasteiger partial charge on any atom is -0.366 e. The number of aromatic nitrogens is 3. The molecule has 1 amide bonds. The van der Waals surface area contributed by atoms with Crippen LogP contribution in [-0.2, 0) is 11.3 Å². The summed E-state index contributed by atoms with van der Waals surface area (Å²) in [6.07, 6.45) is 10.9. The van der Waals surface area contributed by atoms with Crippen molar-refractivity contribution in [2.45, 2.75) is 19.4 Å². The van der Waals surface area contributed by atoms with Crippen molar-refractivity contribution in [3.63, 3.8) is 0 Å². The number of primary amides is 1. The first-order valence-corrected chi connectivity index (χ1v) is 8.25. The number of rotatable bonds is 5. The third-order valence-electron chi connectivity index (χ3n) is 4.46. The number of hydrogen-bond acceptors (Lipinski definition) is 3. The van der Waals surface area contributed by atoms with E-state index in [2.05, 4.69) is 9.97 Å². The van der Waals surface area contributed by atoms with Crippen molar-refractivity contribution in [1.29, 1.82) is 0 Å². The fourth-order valence-corrected chi connectivity index (χ4v) is 2.91. The molecule has 0 aliphatic heterocycles. The van der Waals surface area contributed by atoms with Gasteiger partial charge >= 0.3 is 0 Å². The maximum absolute atomic E-state index is 12.0. The van der Waals surface area contributed by atoms with Crippen LogP contribution in [0.2, 0.25) is 0 Å². The lowest BCUT2D eigenvalue weighted by atomic mass is 10.1. The zero-order chi connectivity index (χ0) is 17.4. The third-order valence-corrected chi connectivity index (χ3v) is 4.46. The van der Waals surface area contributed by atoms with Crippen LogP contribution in [-0.4, -0.2) is 20.4 Å². The predicted molar refractivity (Wildman–Crippen MR) is 96.7 cm³/mol. The van der Waals surface area contributed by atoms with E-state index in [9.17, 15) is 9.59 Å². The van der Waals surface area contributed by atoms with Crippen LogP contribution < -0.4 is 11.3 Å². The second-order valence-corrected chi connectivity index (χ2v) is 6.45. The topological polar surface area (TPSA) is 93.8 Å². The zero-order valence-corrected chi connectivity index (χ0v) is 13.6. The van der Waals surface area contributed by atoms with Crippen molar-refractivity contribution < 1.29 is 4.79 Å². The number of carbonyl (C=O) groups excluding carboxylic acids is 1. The van der Waals surface area contributed by atoms with Gasteiger partial charge in [0, 0.05) is 53.8 Å². The summed E-state index contributed by atoms with van der Waals surface area (Å²) in [6.45, 7) is 0.777. The average molecular weight is 334 g/mol. The van der Waals surface area contributed by atoms with E-state index in [4.69, 9.17) is 5.73 Å². The van der Waals surface area contributed by atoms with E-state index in [1.165, 1.54) is 18.9 Å². The Hall–Kier alpha value is -3.15. The first kappa shape index (κ1) is 15.4. The Labute approximate surface area is 144 Å². The summed E-state index contributed by atoms with van der Waals surface area (Å²) in [6, 6.07) is 5.42. The molecule has 6 nitrogen and oxygen atoms in total. The molecule has 0 spiro atoms. The molecule has 1 aliphatic rings. The highest BCUT2D eigenvalue weighted by molar-refractivity contribution is 5.95. The molecule has 0 radical (unpaired) electrons. The second kappa shape index (κ2) is 6.05. The molecule has 3 heterocycles. The predicted octanol–water partition coefficient (Wildman–Crippen LogP) is 2.30. The van der Waals surface area contributed by atoms with Gasteiger partial charge in [-0.3, -0.25) is 9.59 Å². The number of nitrogens with two attached hydrogens (primary N) is 1. The first-order chi connectivity index (χ1) is 12.1. The first-order valence-electron chi connectivity index (χ1n) is 8.25. The van der Waals surface area contributed by atoms with Gasteiger partial charge in [0.25, 0.3) is 5.56 Å². The Morgan fingerprint density at radius 3 is 2.96 bits per heavy atom. The van der Waals surface area contributed by atoms with Crippen LogP contribution in [0.15, 0.2) is 47.7 Å². The molecule has 0 bridgehead atoms. The monoisotopic (exact) mass is 334 g/mol. The number of pyridine rings is 2. The zero-order valence-electron chi connectivity index (χ0n) is 13.6. The van der Waals surface area contributed by atoms with Crippen LogP contribution in [0.3, 0.4) is 0 Å². The van der Waals surface area contributed by atoms with Crippen LogP contribution in [0, 0.1) is 5.92 Å². The van der Waals surface area contributed by atoms with E-state index in [1.807, 2.05) is 18.3 Å². The normalized spacial score (nSPS) is 14.4. The summed E-state index contributed by atoms with van der Waals surface area (Å²) in [5.41, 5.74) is 8.63. The number of carbonyl (C=O) groups is 1. The molecule has 0 atom stereocenters. The molecule has 25 heavy (non-hydrogen) atoms. The SMILES string of the molecule is NC(=O)C=Cc1c[nH]c2ncc(-c3ccc(=O)n(CC4CC4)c3)cc12. The maximum Gasteiger partial charge on any atom is 0.250 e. The van der Waals surface area contributed by atoms with E-state index in [0.717, 1.165) is 34.3 Å². The number of fused-ring (bicyclic) bond motifs is 1. The molecule has 0 unspecified atom stereocenters. The number of aromatic amines is 1. The van der Waals surface area contributed by atoms with Crippen molar-refractivity contribution in [3.8, 4) is 11.1 Å². The average Bonchev–Trinajstić information content (AvgIpc) is 3.32. The van der Waals surface area contributed by atoms with Gasteiger partial charge in [0.05, 0.1) is 0 Å². The number of H-pyrrole nitrogens is 1. The molecule has 4 rings (SSSR count). The van der Waals surface area contributed by atoms with Gasteiger partial charge in [-0.2, -0.15) is 0 Å². The Balaban J connectivity index is 1.74. The molecule has 1 aliphatic carbocycles. The summed E-state index contributed by atoms with van der Waals surface area (Å²) in [7, 11) is 0. The number of nitrogens with one attached hydrogen (secondary N) is 1. The second-order valence-electron chi connectivity index (χ2n) is 6.45. The van der Waals surface area contributed by atoms with Gasteiger partial charge in [-0.05, 0) is 42.5 Å². The fourth-order valence-electron chi connectivity index (χ4n) is 2.91. The molecule has 3 N–H and O–H groups in total. The van der Waals surface area contributed by atoms with Gasteiger partial charge in [-0.25, -0.2) is 4.98 Å². The van der Waals surface area contributed by atoms with Crippen molar-refractivity contribution in [3.05, 3.63) is 58.8 Å². The summed E-state index contributed by atoms with van der Waals surface area (Å²) >= 11 is 0. The van der Waals surface area contributed by atoms with Gasteiger partial charge in [0.2, 0.25) is 5.91 Å². The van der Waals surface area contributed by atoms with Crippen LogP contribution in [0.4, 0.5) is 0 Å². The minimum atomic E-state index is -0.495. The lowest BCUT2D eigenvalue weighted by Gasteiger charge is -2.08. The van der Waals surface area contributed by atoms with E-state index >= 15 is 0 Å². The van der Waals surface area contributed by atoms with Gasteiger partial charge in [0.15, 0.2) is 0 Å². The molecular formula is C19H18N4O2. The van der Waals surface area contributed by atoms with Gasteiger partial charge in [-0.1, -0.05) is 0 Å². The Morgan fingerprint density at radius 2 is 2.20 bits per heavy atom. The summed E-state index contributed by atoms with van der Waals surface area (Å²) < 4.78 is 1.78. The quantitative estimate of drug-likeness (QED) is 0.701. The number of amides is 1. The van der Waals surface area contributed by atoms with E-state index in [1.54, 1.807) is 29.1 Å². The minimum absolute atomic E-state index is 0.0245. The fraction of sp³-hybridized carbons (Fsp3) is 0.211. The molecule has 3 aromatic rings.